The van der Waals surface area contributed by atoms with Crippen LogP contribution in [0.1, 0.15) is 16.7 Å². The molecule has 0 radical (unpaired) electrons. The van der Waals surface area contributed by atoms with Crippen LogP contribution in [-0.2, 0) is 11.0 Å². The second-order valence-corrected chi connectivity index (χ2v) is 7.44. The van der Waals surface area contributed by atoms with E-state index in [9.17, 15) is 33.3 Å². The molecule has 0 spiro atoms. The Labute approximate surface area is 203 Å². The predicted octanol–water partition coefficient (Wildman–Crippen LogP) is 6.27. The van der Waals surface area contributed by atoms with Gasteiger partial charge in [-0.2, -0.15) is 18.4 Å². The Morgan fingerprint density at radius 3 is 2.31 bits per heavy atom. The third-order valence-corrected chi connectivity index (χ3v) is 4.88. The number of rotatable bonds is 7. The molecule has 0 saturated carbocycles. The number of carbonyl (C=O) groups is 1. The summed E-state index contributed by atoms with van der Waals surface area (Å²) in [7, 11) is 1.28. The molecule has 11 heteroatoms. The van der Waals surface area contributed by atoms with Gasteiger partial charge in [-0.25, -0.2) is 0 Å². The van der Waals surface area contributed by atoms with E-state index in [1.54, 1.807) is 24.3 Å². The summed E-state index contributed by atoms with van der Waals surface area (Å²) in [5.74, 6) is -1.03. The molecule has 3 aromatic rings. The number of benzene rings is 3. The van der Waals surface area contributed by atoms with E-state index in [0.29, 0.717) is 23.4 Å². The fraction of sp³-hybridized carbons (Fsp3) is 0.120. The maximum Gasteiger partial charge on any atom is 0.416 e. The topological polar surface area (TPSA) is 114 Å². The average molecular weight is 497 g/mol. The van der Waals surface area contributed by atoms with Crippen LogP contribution in [0.15, 0.2) is 66.2 Å². The van der Waals surface area contributed by atoms with Crippen LogP contribution < -0.4 is 14.8 Å². The molecule has 36 heavy (non-hydrogen) atoms. The number of aryl methyl sites for hydroxylation is 1. The molecule has 0 fully saturated rings. The molecule has 0 aromatic heterocycles. The second-order valence-electron chi connectivity index (χ2n) is 7.44. The highest BCUT2D eigenvalue weighted by molar-refractivity contribution is 6.09. The van der Waals surface area contributed by atoms with Crippen LogP contribution in [0, 0.1) is 28.4 Å². The molecule has 8 nitrogen and oxygen atoms in total. The summed E-state index contributed by atoms with van der Waals surface area (Å²) in [6, 6.07) is 14.9. The van der Waals surface area contributed by atoms with Crippen molar-refractivity contribution >= 4 is 23.4 Å². The van der Waals surface area contributed by atoms with Gasteiger partial charge >= 0.3 is 11.9 Å². The van der Waals surface area contributed by atoms with Gasteiger partial charge < -0.3 is 14.8 Å². The molecule has 0 bridgehead atoms. The third-order valence-electron chi connectivity index (χ3n) is 4.88. The van der Waals surface area contributed by atoms with E-state index in [0.717, 1.165) is 11.6 Å². The molecular formula is C25H18F3N3O5. The number of hydrogen-bond donors (Lipinski definition) is 1. The van der Waals surface area contributed by atoms with Crippen molar-refractivity contribution in [1.82, 2.24) is 0 Å². The molecule has 0 unspecified atom stereocenters. The lowest BCUT2D eigenvalue weighted by atomic mass is 10.1. The van der Waals surface area contributed by atoms with E-state index in [4.69, 9.17) is 9.47 Å². The standard InChI is InChI=1S/C25H18F3N3O5/c1-15-3-7-19(8-4-15)30-24(32)17(14-29)11-16-5-9-22(23(12-16)35-2)36-21-10-6-18(25(26,27)28)13-20(21)31(33)34/h3-13H,1-2H3,(H,30,32)/b17-11+. The van der Waals surface area contributed by atoms with Crippen molar-refractivity contribution in [3.63, 3.8) is 0 Å². The number of ether oxygens (including phenoxy) is 2. The first kappa shape index (κ1) is 25.8. The number of hydrogen-bond acceptors (Lipinski definition) is 6. The minimum Gasteiger partial charge on any atom is -0.493 e. The van der Waals surface area contributed by atoms with Gasteiger partial charge in [0, 0.05) is 11.8 Å². The number of amides is 1. The van der Waals surface area contributed by atoms with Crippen molar-refractivity contribution in [1.29, 1.82) is 5.26 Å². The lowest BCUT2D eigenvalue weighted by Crippen LogP contribution is -2.13. The zero-order chi connectivity index (χ0) is 26.5. The molecule has 0 aliphatic rings. The largest absolute Gasteiger partial charge is 0.493 e. The number of nitrogens with one attached hydrogen (secondary N) is 1. The van der Waals surface area contributed by atoms with E-state index in [1.165, 1.54) is 31.4 Å². The van der Waals surface area contributed by atoms with Crippen LogP contribution in [0.3, 0.4) is 0 Å². The van der Waals surface area contributed by atoms with Crippen molar-refractivity contribution in [2.24, 2.45) is 0 Å². The van der Waals surface area contributed by atoms with Crippen molar-refractivity contribution in [2.75, 3.05) is 12.4 Å². The van der Waals surface area contributed by atoms with Gasteiger partial charge in [0.25, 0.3) is 5.91 Å². The van der Waals surface area contributed by atoms with Crippen LogP contribution in [0.25, 0.3) is 6.08 Å². The molecule has 3 aromatic carbocycles. The molecule has 1 amide bonds. The zero-order valence-electron chi connectivity index (χ0n) is 18.9. The fourth-order valence-corrected chi connectivity index (χ4v) is 3.05. The van der Waals surface area contributed by atoms with E-state index >= 15 is 0 Å². The molecular weight excluding hydrogens is 479 g/mol. The van der Waals surface area contributed by atoms with Gasteiger partial charge in [0.1, 0.15) is 11.6 Å². The first-order valence-corrected chi connectivity index (χ1v) is 10.2. The predicted molar refractivity (Wildman–Crippen MR) is 125 cm³/mol. The van der Waals surface area contributed by atoms with Gasteiger partial charge in [-0.15, -0.1) is 0 Å². The Morgan fingerprint density at radius 2 is 1.72 bits per heavy atom. The normalized spacial score (nSPS) is 11.4. The quantitative estimate of drug-likeness (QED) is 0.178. The molecule has 0 atom stereocenters. The number of alkyl halides is 3. The molecule has 0 aliphatic heterocycles. The summed E-state index contributed by atoms with van der Waals surface area (Å²) in [5, 5.41) is 23.4. The zero-order valence-corrected chi connectivity index (χ0v) is 18.9. The number of nitro groups is 1. The monoisotopic (exact) mass is 497 g/mol. The molecule has 0 saturated heterocycles. The number of nitro benzene ring substituents is 1. The lowest BCUT2D eigenvalue weighted by molar-refractivity contribution is -0.385. The van der Waals surface area contributed by atoms with Crippen LogP contribution in [0.4, 0.5) is 24.5 Å². The molecule has 0 heterocycles. The van der Waals surface area contributed by atoms with Crippen molar-refractivity contribution in [2.45, 2.75) is 13.1 Å². The number of carbonyl (C=O) groups excluding carboxylic acids is 1. The Bertz CT molecular complexity index is 1380. The molecule has 3 rings (SSSR count). The minimum absolute atomic E-state index is 0.0277. The maximum atomic E-state index is 12.9. The van der Waals surface area contributed by atoms with E-state index in [2.05, 4.69) is 5.32 Å². The molecule has 1 N–H and O–H groups in total. The summed E-state index contributed by atoms with van der Waals surface area (Å²) in [6.07, 6.45) is -3.46. The Hall–Kier alpha value is -4.85. The van der Waals surface area contributed by atoms with Crippen molar-refractivity contribution in [3.8, 4) is 23.3 Å². The first-order valence-electron chi connectivity index (χ1n) is 10.2. The summed E-state index contributed by atoms with van der Waals surface area (Å²) < 4.78 is 49.5. The number of nitriles is 1. The van der Waals surface area contributed by atoms with Gasteiger partial charge in [0.2, 0.25) is 5.75 Å². The number of methoxy groups -OCH3 is 1. The first-order chi connectivity index (χ1) is 17.0. The molecule has 184 valence electrons. The van der Waals surface area contributed by atoms with Gasteiger partial charge in [-0.05, 0) is 55.0 Å². The summed E-state index contributed by atoms with van der Waals surface area (Å²) in [4.78, 5) is 22.8. The van der Waals surface area contributed by atoms with E-state index in [1.807, 2.05) is 13.0 Å². The third kappa shape index (κ3) is 6.18. The van der Waals surface area contributed by atoms with Gasteiger partial charge in [-0.1, -0.05) is 23.8 Å². The maximum absolute atomic E-state index is 12.9. The number of anilines is 1. The summed E-state index contributed by atoms with van der Waals surface area (Å²) in [5.41, 5.74) is -0.398. The van der Waals surface area contributed by atoms with Gasteiger partial charge in [-0.3, -0.25) is 14.9 Å². The summed E-state index contributed by atoms with van der Waals surface area (Å²) in [6.45, 7) is 1.89. The van der Waals surface area contributed by atoms with Crippen LogP contribution in [0.5, 0.6) is 17.2 Å². The highest BCUT2D eigenvalue weighted by Gasteiger charge is 2.33. The van der Waals surface area contributed by atoms with Crippen molar-refractivity contribution < 1.29 is 32.4 Å². The Morgan fingerprint density at radius 1 is 1.06 bits per heavy atom. The summed E-state index contributed by atoms with van der Waals surface area (Å²) >= 11 is 0. The van der Waals surface area contributed by atoms with E-state index in [-0.39, 0.29) is 17.1 Å². The highest BCUT2D eigenvalue weighted by atomic mass is 19.4. The average Bonchev–Trinajstić information content (AvgIpc) is 2.84. The van der Waals surface area contributed by atoms with Crippen LogP contribution in [0.2, 0.25) is 0 Å². The Kier molecular flexibility index (Phi) is 7.59. The second kappa shape index (κ2) is 10.6. The smallest absolute Gasteiger partial charge is 0.416 e. The Balaban J connectivity index is 1.88. The minimum atomic E-state index is -4.76. The number of halogens is 3. The van der Waals surface area contributed by atoms with E-state index < -0.39 is 34.0 Å². The fourth-order valence-electron chi connectivity index (χ4n) is 3.05. The van der Waals surface area contributed by atoms with Gasteiger partial charge in [0.05, 0.1) is 17.6 Å². The van der Waals surface area contributed by atoms with Crippen LogP contribution >= 0.6 is 0 Å². The number of nitrogens with zero attached hydrogens (tertiary/aromatic N) is 2. The lowest BCUT2D eigenvalue weighted by Gasteiger charge is -2.13. The molecule has 0 aliphatic carbocycles. The highest BCUT2D eigenvalue weighted by Crippen LogP contribution is 2.40. The van der Waals surface area contributed by atoms with Crippen molar-refractivity contribution in [3.05, 3.63) is 93.0 Å². The SMILES string of the molecule is COc1cc(/C=C(\C#N)C(=O)Nc2ccc(C)cc2)ccc1Oc1ccc(C(F)(F)F)cc1[N+](=O)[O-]. The van der Waals surface area contributed by atoms with Gasteiger partial charge in [0.15, 0.2) is 11.5 Å². The van der Waals surface area contributed by atoms with Crippen LogP contribution in [-0.4, -0.2) is 17.9 Å².